The van der Waals surface area contributed by atoms with Crippen molar-refractivity contribution in [3.63, 3.8) is 0 Å². The second-order valence-corrected chi connectivity index (χ2v) is 6.43. The second-order valence-electron chi connectivity index (χ2n) is 4.66. The first kappa shape index (κ1) is 15.0. The minimum atomic E-state index is 0.676. The molecule has 1 aromatic carbocycles. The van der Waals surface area contributed by atoms with Crippen molar-refractivity contribution in [2.45, 2.75) is 25.9 Å². The summed E-state index contributed by atoms with van der Waals surface area (Å²) in [6.07, 6.45) is 3.61. The highest BCUT2D eigenvalue weighted by atomic mass is 32.2. The topological polar surface area (TPSA) is 21.3 Å². The first-order chi connectivity index (χ1) is 9.38. The molecule has 104 valence electrons. The standard InChI is InChI=1S/C15H21NOS2/c18-15-14-7-3-2-6-13(14)12-17-10-5-1-4-8-16-9-11-19-15/h2-3,6-7,16H,1,4-5,8-12H2. The Hall–Kier alpha value is -0.420. The molecule has 1 aromatic rings. The minimum Gasteiger partial charge on any atom is -0.377 e. The molecule has 0 aliphatic carbocycles. The zero-order valence-corrected chi connectivity index (χ0v) is 12.8. The van der Waals surface area contributed by atoms with E-state index in [2.05, 4.69) is 23.5 Å². The molecule has 0 saturated heterocycles. The third kappa shape index (κ3) is 5.22. The molecule has 1 heterocycles. The molecule has 2 nitrogen and oxygen atoms in total. The third-order valence-corrected chi connectivity index (χ3v) is 4.61. The van der Waals surface area contributed by atoms with Crippen LogP contribution in [0.2, 0.25) is 0 Å². The van der Waals surface area contributed by atoms with E-state index >= 15 is 0 Å². The Morgan fingerprint density at radius 1 is 1.11 bits per heavy atom. The summed E-state index contributed by atoms with van der Waals surface area (Å²) in [6.45, 7) is 3.65. The summed E-state index contributed by atoms with van der Waals surface area (Å²) in [5.41, 5.74) is 2.38. The molecule has 4 heteroatoms. The highest BCUT2D eigenvalue weighted by Gasteiger charge is 2.08. The first-order valence-electron chi connectivity index (χ1n) is 6.91. The van der Waals surface area contributed by atoms with Gasteiger partial charge in [-0.25, -0.2) is 0 Å². The Morgan fingerprint density at radius 2 is 2.00 bits per heavy atom. The van der Waals surface area contributed by atoms with Gasteiger partial charge in [-0.1, -0.05) is 36.5 Å². The quantitative estimate of drug-likeness (QED) is 0.740. The van der Waals surface area contributed by atoms with Gasteiger partial charge in [0.1, 0.15) is 0 Å². The van der Waals surface area contributed by atoms with Gasteiger partial charge in [0.2, 0.25) is 0 Å². The van der Waals surface area contributed by atoms with E-state index in [1.807, 2.05) is 6.07 Å². The van der Waals surface area contributed by atoms with Crippen molar-refractivity contribution in [3.8, 4) is 0 Å². The van der Waals surface area contributed by atoms with Crippen LogP contribution in [0.25, 0.3) is 0 Å². The number of hydrogen-bond acceptors (Lipinski definition) is 4. The van der Waals surface area contributed by atoms with Gasteiger partial charge < -0.3 is 10.1 Å². The van der Waals surface area contributed by atoms with E-state index in [0.29, 0.717) is 6.61 Å². The lowest BCUT2D eigenvalue weighted by Gasteiger charge is -2.12. The second kappa shape index (κ2) is 8.69. The van der Waals surface area contributed by atoms with E-state index in [1.54, 1.807) is 11.8 Å². The van der Waals surface area contributed by atoms with Gasteiger partial charge in [-0.05, 0) is 31.4 Å². The molecule has 2 rings (SSSR count). The van der Waals surface area contributed by atoms with Crippen molar-refractivity contribution >= 4 is 28.2 Å². The molecular formula is C15H21NOS2. The van der Waals surface area contributed by atoms with E-state index in [9.17, 15) is 0 Å². The molecule has 0 bridgehead atoms. The summed E-state index contributed by atoms with van der Waals surface area (Å²) >= 11 is 7.29. The number of thiocarbonyl (C=S) groups is 1. The Morgan fingerprint density at radius 3 is 2.95 bits per heavy atom. The fourth-order valence-electron chi connectivity index (χ4n) is 2.08. The molecule has 1 N–H and O–H groups in total. The number of hydrogen-bond donors (Lipinski definition) is 1. The van der Waals surface area contributed by atoms with Gasteiger partial charge in [-0.2, -0.15) is 0 Å². The first-order valence-corrected chi connectivity index (χ1v) is 8.31. The molecule has 1 aliphatic heterocycles. The van der Waals surface area contributed by atoms with E-state index in [-0.39, 0.29) is 0 Å². The van der Waals surface area contributed by atoms with Crippen molar-refractivity contribution in [2.24, 2.45) is 0 Å². The Balaban J connectivity index is 2.02. The maximum Gasteiger partial charge on any atom is 0.0782 e. The smallest absolute Gasteiger partial charge is 0.0782 e. The van der Waals surface area contributed by atoms with E-state index in [4.69, 9.17) is 17.0 Å². The Labute approximate surface area is 125 Å². The Bertz CT molecular complexity index is 409. The van der Waals surface area contributed by atoms with Crippen LogP contribution in [0.5, 0.6) is 0 Å². The van der Waals surface area contributed by atoms with Crippen molar-refractivity contribution in [1.29, 1.82) is 0 Å². The third-order valence-electron chi connectivity index (χ3n) is 3.15. The fourth-order valence-corrected chi connectivity index (χ4v) is 3.31. The largest absolute Gasteiger partial charge is 0.377 e. The number of thioether (sulfide) groups is 1. The number of nitrogens with one attached hydrogen (secondary N) is 1. The van der Waals surface area contributed by atoms with Crippen LogP contribution in [0.15, 0.2) is 24.3 Å². The lowest BCUT2D eigenvalue weighted by Crippen LogP contribution is -2.19. The van der Waals surface area contributed by atoms with Gasteiger partial charge in [0, 0.05) is 24.5 Å². The Kier molecular flexibility index (Phi) is 6.85. The molecular weight excluding hydrogens is 274 g/mol. The van der Waals surface area contributed by atoms with Gasteiger partial charge in [0.05, 0.1) is 10.8 Å². The minimum absolute atomic E-state index is 0.676. The predicted molar refractivity (Wildman–Crippen MR) is 87.0 cm³/mol. The fraction of sp³-hybridized carbons (Fsp3) is 0.533. The number of fused-ring (bicyclic) bond motifs is 1. The van der Waals surface area contributed by atoms with Crippen molar-refractivity contribution in [1.82, 2.24) is 5.32 Å². The average Bonchev–Trinajstić information content (AvgIpc) is 2.44. The lowest BCUT2D eigenvalue weighted by atomic mass is 10.1. The molecule has 0 radical (unpaired) electrons. The van der Waals surface area contributed by atoms with Gasteiger partial charge in [0.15, 0.2) is 0 Å². The molecule has 0 saturated carbocycles. The molecule has 0 spiro atoms. The average molecular weight is 295 g/mol. The normalized spacial score (nSPS) is 19.5. The summed E-state index contributed by atoms with van der Waals surface area (Å²) in [7, 11) is 0. The van der Waals surface area contributed by atoms with Gasteiger partial charge in [0.25, 0.3) is 0 Å². The van der Waals surface area contributed by atoms with Gasteiger partial charge in [-0.3, -0.25) is 0 Å². The van der Waals surface area contributed by atoms with Crippen LogP contribution in [0, 0.1) is 0 Å². The van der Waals surface area contributed by atoms with Gasteiger partial charge in [-0.15, -0.1) is 11.8 Å². The number of benzene rings is 1. The van der Waals surface area contributed by atoms with Crippen LogP contribution < -0.4 is 5.32 Å². The molecule has 0 atom stereocenters. The van der Waals surface area contributed by atoms with Crippen LogP contribution in [0.3, 0.4) is 0 Å². The molecule has 19 heavy (non-hydrogen) atoms. The molecule has 0 aromatic heterocycles. The van der Waals surface area contributed by atoms with Crippen molar-refractivity contribution < 1.29 is 4.74 Å². The zero-order chi connectivity index (χ0) is 13.3. The van der Waals surface area contributed by atoms with Crippen molar-refractivity contribution in [2.75, 3.05) is 25.4 Å². The number of ether oxygens (including phenoxy) is 1. The summed E-state index contributed by atoms with van der Waals surface area (Å²) in [5.74, 6) is 1.04. The lowest BCUT2D eigenvalue weighted by molar-refractivity contribution is 0.117. The van der Waals surface area contributed by atoms with Crippen LogP contribution in [0.4, 0.5) is 0 Å². The molecule has 0 unspecified atom stereocenters. The van der Waals surface area contributed by atoms with Crippen LogP contribution in [0.1, 0.15) is 30.4 Å². The summed E-state index contributed by atoms with van der Waals surface area (Å²) in [5, 5.41) is 3.46. The summed E-state index contributed by atoms with van der Waals surface area (Å²) in [4.78, 5) is 0. The maximum absolute atomic E-state index is 5.76. The number of rotatable bonds is 0. The highest BCUT2D eigenvalue weighted by Crippen LogP contribution is 2.19. The van der Waals surface area contributed by atoms with Gasteiger partial charge >= 0.3 is 0 Å². The molecule has 1 aliphatic rings. The summed E-state index contributed by atoms with van der Waals surface area (Å²) in [6, 6.07) is 8.33. The highest BCUT2D eigenvalue weighted by molar-refractivity contribution is 8.23. The van der Waals surface area contributed by atoms with Crippen LogP contribution in [-0.2, 0) is 11.3 Å². The van der Waals surface area contributed by atoms with E-state index in [1.165, 1.54) is 24.0 Å². The molecule has 0 amide bonds. The zero-order valence-electron chi connectivity index (χ0n) is 11.2. The maximum atomic E-state index is 5.76. The SMILES string of the molecule is S=C1SCCNCCCCCOCc2ccccc21. The van der Waals surface area contributed by atoms with Crippen LogP contribution in [-0.4, -0.2) is 29.6 Å². The monoisotopic (exact) mass is 295 g/mol. The van der Waals surface area contributed by atoms with Crippen molar-refractivity contribution in [3.05, 3.63) is 35.4 Å². The van der Waals surface area contributed by atoms with Crippen LogP contribution >= 0.6 is 24.0 Å². The predicted octanol–water partition coefficient (Wildman–Crippen LogP) is 3.39. The summed E-state index contributed by atoms with van der Waals surface area (Å²) < 4.78 is 6.75. The van der Waals surface area contributed by atoms with E-state index < -0.39 is 0 Å². The van der Waals surface area contributed by atoms with E-state index in [0.717, 1.165) is 36.1 Å². The molecule has 0 fully saturated rings.